The third-order valence-electron chi connectivity index (χ3n) is 4.49. The molecule has 1 aromatic carbocycles. The Morgan fingerprint density at radius 3 is 2.52 bits per heavy atom. The number of guanidine groups is 1. The van der Waals surface area contributed by atoms with E-state index in [0.29, 0.717) is 5.75 Å². The Balaban J connectivity index is 0.00000261. The van der Waals surface area contributed by atoms with Gasteiger partial charge in [0, 0.05) is 57.6 Å². The van der Waals surface area contributed by atoms with Crippen molar-refractivity contribution in [3.8, 4) is 5.75 Å². The Kier molecular flexibility index (Phi) is 8.63. The molecule has 6 nitrogen and oxygen atoms in total. The van der Waals surface area contributed by atoms with Crippen LogP contribution in [0.2, 0.25) is 0 Å². The quantitative estimate of drug-likeness (QED) is 0.391. The number of aliphatic imine (C=N–C) groups is 1. The number of phenols is 1. The predicted octanol–water partition coefficient (Wildman–Crippen LogP) is 2.74. The van der Waals surface area contributed by atoms with Crippen molar-refractivity contribution in [3.05, 3.63) is 54.4 Å². The summed E-state index contributed by atoms with van der Waals surface area (Å²) < 4.78 is 0. The highest BCUT2D eigenvalue weighted by Gasteiger charge is 2.21. The standard InChI is InChI=1S/C20H27N5O.HI/c1-2-21-20(23-12-10-17-7-5-6-11-22-17)25-15-13-24(14-16-25)18-8-3-4-9-19(18)26;/h3-9,11,26H,2,10,12-16H2,1H3,(H,21,23);1H. The van der Waals surface area contributed by atoms with Gasteiger partial charge in [-0.2, -0.15) is 0 Å². The minimum Gasteiger partial charge on any atom is -0.506 e. The second-order valence-corrected chi connectivity index (χ2v) is 6.27. The molecule has 2 heterocycles. The van der Waals surface area contributed by atoms with E-state index in [1.54, 1.807) is 6.07 Å². The minimum absolute atomic E-state index is 0. The highest BCUT2D eigenvalue weighted by atomic mass is 127. The van der Waals surface area contributed by atoms with Crippen molar-refractivity contribution in [1.82, 2.24) is 15.2 Å². The number of rotatable bonds is 5. The first-order valence-electron chi connectivity index (χ1n) is 9.24. The van der Waals surface area contributed by atoms with Crippen molar-refractivity contribution in [2.24, 2.45) is 4.99 Å². The summed E-state index contributed by atoms with van der Waals surface area (Å²) in [5, 5.41) is 13.4. The van der Waals surface area contributed by atoms with Gasteiger partial charge in [0.15, 0.2) is 5.96 Å². The number of hydrogen-bond acceptors (Lipinski definition) is 4. The Morgan fingerprint density at radius 1 is 1.11 bits per heavy atom. The molecule has 0 bridgehead atoms. The number of halogens is 1. The largest absolute Gasteiger partial charge is 0.506 e. The third kappa shape index (κ3) is 5.98. The van der Waals surface area contributed by atoms with Crippen LogP contribution in [-0.2, 0) is 6.42 Å². The molecule has 0 amide bonds. The molecule has 0 unspecified atom stereocenters. The van der Waals surface area contributed by atoms with E-state index < -0.39 is 0 Å². The summed E-state index contributed by atoms with van der Waals surface area (Å²) in [5.41, 5.74) is 1.97. The average molecular weight is 481 g/mol. The van der Waals surface area contributed by atoms with Gasteiger partial charge in [0.25, 0.3) is 0 Å². The maximum atomic E-state index is 10.0. The van der Waals surface area contributed by atoms with E-state index in [1.807, 2.05) is 42.6 Å². The van der Waals surface area contributed by atoms with Gasteiger partial charge in [-0.05, 0) is 31.2 Å². The molecule has 7 heteroatoms. The zero-order valence-electron chi connectivity index (χ0n) is 15.7. The second-order valence-electron chi connectivity index (χ2n) is 6.27. The zero-order valence-corrected chi connectivity index (χ0v) is 18.0. The van der Waals surface area contributed by atoms with Crippen molar-refractivity contribution < 1.29 is 5.11 Å². The van der Waals surface area contributed by atoms with Crippen molar-refractivity contribution in [2.75, 3.05) is 44.2 Å². The van der Waals surface area contributed by atoms with E-state index in [9.17, 15) is 5.11 Å². The second kappa shape index (κ2) is 11.0. The zero-order chi connectivity index (χ0) is 18.2. The number of hydrogen-bond donors (Lipinski definition) is 2. The third-order valence-corrected chi connectivity index (χ3v) is 4.49. The SMILES string of the molecule is CCNC(=NCCc1ccccn1)N1CCN(c2ccccc2O)CC1.I. The summed E-state index contributed by atoms with van der Waals surface area (Å²) >= 11 is 0. The lowest BCUT2D eigenvalue weighted by molar-refractivity contribution is 0.370. The molecule has 146 valence electrons. The monoisotopic (exact) mass is 481 g/mol. The number of pyridine rings is 1. The molecular formula is C20H28IN5O. The first kappa shape index (κ1) is 21.3. The van der Waals surface area contributed by atoms with Crippen molar-refractivity contribution >= 4 is 35.6 Å². The Morgan fingerprint density at radius 2 is 1.85 bits per heavy atom. The fourth-order valence-electron chi connectivity index (χ4n) is 3.14. The highest BCUT2D eigenvalue weighted by molar-refractivity contribution is 14.0. The number of nitrogens with zero attached hydrogens (tertiary/aromatic N) is 4. The number of phenolic OH excluding ortho intramolecular Hbond substituents is 1. The average Bonchev–Trinajstić information content (AvgIpc) is 2.69. The summed E-state index contributed by atoms with van der Waals surface area (Å²) in [6.07, 6.45) is 2.66. The lowest BCUT2D eigenvalue weighted by atomic mass is 10.2. The number of para-hydroxylation sites is 2. The normalized spacial score (nSPS) is 14.6. The molecule has 0 aliphatic carbocycles. The van der Waals surface area contributed by atoms with Gasteiger partial charge in [0.2, 0.25) is 0 Å². The van der Waals surface area contributed by atoms with E-state index in [4.69, 9.17) is 4.99 Å². The summed E-state index contributed by atoms with van der Waals surface area (Å²) in [4.78, 5) is 13.6. The molecule has 2 N–H and O–H groups in total. The Labute approximate surface area is 178 Å². The van der Waals surface area contributed by atoms with Crippen LogP contribution in [0.5, 0.6) is 5.75 Å². The van der Waals surface area contributed by atoms with Gasteiger partial charge < -0.3 is 20.2 Å². The van der Waals surface area contributed by atoms with E-state index in [0.717, 1.165) is 63.0 Å². The number of benzene rings is 1. The van der Waals surface area contributed by atoms with Gasteiger partial charge in [-0.3, -0.25) is 9.98 Å². The molecule has 3 rings (SSSR count). The molecule has 27 heavy (non-hydrogen) atoms. The maximum absolute atomic E-state index is 10.0. The highest BCUT2D eigenvalue weighted by Crippen LogP contribution is 2.27. The molecule has 2 aromatic rings. The van der Waals surface area contributed by atoms with Crippen LogP contribution in [0.25, 0.3) is 0 Å². The van der Waals surface area contributed by atoms with Crippen LogP contribution < -0.4 is 10.2 Å². The van der Waals surface area contributed by atoms with Gasteiger partial charge in [-0.1, -0.05) is 18.2 Å². The molecule has 1 fully saturated rings. The molecule has 0 radical (unpaired) electrons. The number of piperazine rings is 1. The van der Waals surface area contributed by atoms with Crippen LogP contribution in [0.3, 0.4) is 0 Å². The van der Waals surface area contributed by atoms with E-state index in [2.05, 4.69) is 27.0 Å². The van der Waals surface area contributed by atoms with Crippen LogP contribution in [0.1, 0.15) is 12.6 Å². The number of nitrogens with one attached hydrogen (secondary N) is 1. The van der Waals surface area contributed by atoms with Gasteiger partial charge >= 0.3 is 0 Å². The van der Waals surface area contributed by atoms with Crippen molar-refractivity contribution in [2.45, 2.75) is 13.3 Å². The maximum Gasteiger partial charge on any atom is 0.194 e. The van der Waals surface area contributed by atoms with Crippen molar-refractivity contribution in [3.63, 3.8) is 0 Å². The number of anilines is 1. The molecule has 0 atom stereocenters. The van der Waals surface area contributed by atoms with Crippen LogP contribution in [0, 0.1) is 0 Å². The van der Waals surface area contributed by atoms with Crippen LogP contribution in [-0.4, -0.2) is 60.2 Å². The van der Waals surface area contributed by atoms with Gasteiger partial charge in [-0.25, -0.2) is 0 Å². The van der Waals surface area contributed by atoms with Crippen molar-refractivity contribution in [1.29, 1.82) is 0 Å². The van der Waals surface area contributed by atoms with E-state index in [1.165, 1.54) is 0 Å². The molecule has 0 spiro atoms. The van der Waals surface area contributed by atoms with Gasteiger partial charge in [-0.15, -0.1) is 24.0 Å². The fourth-order valence-corrected chi connectivity index (χ4v) is 3.14. The minimum atomic E-state index is 0. The van der Waals surface area contributed by atoms with Gasteiger partial charge in [0.05, 0.1) is 5.69 Å². The fraction of sp³-hybridized carbons (Fsp3) is 0.400. The Hall–Kier alpha value is -2.03. The molecule has 0 saturated carbocycles. The predicted molar refractivity (Wildman–Crippen MR) is 121 cm³/mol. The number of aromatic nitrogens is 1. The lowest BCUT2D eigenvalue weighted by Gasteiger charge is -2.37. The summed E-state index contributed by atoms with van der Waals surface area (Å²) in [5.74, 6) is 1.30. The summed E-state index contributed by atoms with van der Waals surface area (Å²) in [6, 6.07) is 13.5. The van der Waals surface area contributed by atoms with Crippen LogP contribution >= 0.6 is 24.0 Å². The molecule has 1 aliphatic heterocycles. The Bertz CT molecular complexity index is 717. The smallest absolute Gasteiger partial charge is 0.194 e. The number of aromatic hydroxyl groups is 1. The first-order chi connectivity index (χ1) is 12.8. The lowest BCUT2D eigenvalue weighted by Crippen LogP contribution is -2.52. The van der Waals surface area contributed by atoms with E-state index in [-0.39, 0.29) is 24.0 Å². The molecule has 1 saturated heterocycles. The van der Waals surface area contributed by atoms with Crippen LogP contribution in [0.15, 0.2) is 53.7 Å². The summed E-state index contributed by atoms with van der Waals surface area (Å²) in [7, 11) is 0. The van der Waals surface area contributed by atoms with Crippen LogP contribution in [0.4, 0.5) is 5.69 Å². The molecule has 1 aliphatic rings. The molecule has 1 aromatic heterocycles. The summed E-state index contributed by atoms with van der Waals surface area (Å²) in [6.45, 7) is 7.14. The first-order valence-corrected chi connectivity index (χ1v) is 9.24. The molecular weight excluding hydrogens is 453 g/mol. The topological polar surface area (TPSA) is 64.0 Å². The van der Waals surface area contributed by atoms with Gasteiger partial charge in [0.1, 0.15) is 5.75 Å². The van der Waals surface area contributed by atoms with E-state index >= 15 is 0 Å².